The molecule has 5 nitrogen and oxygen atoms in total. The molecule has 2 aliphatic rings. The SMILES string of the molecule is NC(=O)c1ccc(NC(=O)N2CCC3(CCCC3)CC2)cc1F. The molecule has 3 rings (SSSR count). The fourth-order valence-electron chi connectivity index (χ4n) is 3.80. The number of primary amides is 1. The number of hydrogen-bond acceptors (Lipinski definition) is 2. The number of nitrogens with zero attached hydrogens (tertiary/aromatic N) is 1. The number of likely N-dealkylation sites (tertiary alicyclic amines) is 1. The second kappa shape index (κ2) is 6.18. The van der Waals surface area contributed by atoms with Crippen molar-refractivity contribution >= 4 is 17.6 Å². The van der Waals surface area contributed by atoms with E-state index in [2.05, 4.69) is 5.32 Å². The van der Waals surface area contributed by atoms with Crippen LogP contribution in [0.5, 0.6) is 0 Å². The standard InChI is InChI=1S/C17H22FN3O2/c18-14-11-12(3-4-13(14)15(19)22)20-16(23)21-9-7-17(8-10-21)5-1-2-6-17/h3-4,11H,1-2,5-10H2,(H2,19,22)(H,20,23). The number of anilines is 1. The average molecular weight is 319 g/mol. The highest BCUT2D eigenvalue weighted by Crippen LogP contribution is 2.46. The number of carbonyl (C=O) groups excluding carboxylic acids is 2. The number of nitrogens with one attached hydrogen (secondary N) is 1. The van der Waals surface area contributed by atoms with Gasteiger partial charge in [-0.1, -0.05) is 12.8 Å². The molecule has 6 heteroatoms. The number of carbonyl (C=O) groups is 2. The van der Waals surface area contributed by atoms with Gasteiger partial charge in [0.2, 0.25) is 0 Å². The van der Waals surface area contributed by atoms with Crippen molar-refractivity contribution in [2.75, 3.05) is 18.4 Å². The molecule has 1 saturated heterocycles. The minimum absolute atomic E-state index is 0.177. The summed E-state index contributed by atoms with van der Waals surface area (Å²) in [5.74, 6) is -1.54. The largest absolute Gasteiger partial charge is 0.366 e. The minimum Gasteiger partial charge on any atom is -0.366 e. The van der Waals surface area contributed by atoms with Gasteiger partial charge in [0.15, 0.2) is 0 Å². The molecule has 1 saturated carbocycles. The first-order chi connectivity index (χ1) is 11.0. The van der Waals surface area contributed by atoms with Crippen LogP contribution in [0, 0.1) is 11.2 Å². The number of halogens is 1. The highest BCUT2D eigenvalue weighted by molar-refractivity contribution is 5.94. The predicted molar refractivity (Wildman–Crippen MR) is 85.6 cm³/mol. The number of amides is 3. The molecule has 1 aliphatic heterocycles. The van der Waals surface area contributed by atoms with Gasteiger partial charge in [0.25, 0.3) is 5.91 Å². The maximum atomic E-state index is 13.7. The van der Waals surface area contributed by atoms with Gasteiger partial charge in [0.1, 0.15) is 5.82 Å². The summed E-state index contributed by atoms with van der Waals surface area (Å²) in [5.41, 5.74) is 5.67. The van der Waals surface area contributed by atoms with Crippen LogP contribution >= 0.6 is 0 Å². The summed E-state index contributed by atoms with van der Waals surface area (Å²) in [6.07, 6.45) is 7.27. The molecule has 2 fully saturated rings. The monoisotopic (exact) mass is 319 g/mol. The van der Waals surface area contributed by atoms with Gasteiger partial charge < -0.3 is 16.0 Å². The first-order valence-corrected chi connectivity index (χ1v) is 8.14. The molecular formula is C17H22FN3O2. The summed E-state index contributed by atoms with van der Waals surface area (Å²) in [7, 11) is 0. The second-order valence-corrected chi connectivity index (χ2v) is 6.68. The van der Waals surface area contributed by atoms with Crippen molar-refractivity contribution in [1.82, 2.24) is 4.90 Å². The summed E-state index contributed by atoms with van der Waals surface area (Å²) in [6, 6.07) is 3.69. The average Bonchev–Trinajstić information content (AvgIpc) is 2.96. The second-order valence-electron chi connectivity index (χ2n) is 6.68. The van der Waals surface area contributed by atoms with E-state index < -0.39 is 11.7 Å². The van der Waals surface area contributed by atoms with Crippen molar-refractivity contribution in [3.8, 4) is 0 Å². The molecule has 1 aliphatic carbocycles. The lowest BCUT2D eigenvalue weighted by Gasteiger charge is -2.39. The molecular weight excluding hydrogens is 297 g/mol. The van der Waals surface area contributed by atoms with Crippen LogP contribution in [0.1, 0.15) is 48.9 Å². The van der Waals surface area contributed by atoms with E-state index in [0.29, 0.717) is 11.1 Å². The Balaban J connectivity index is 1.59. The molecule has 0 bridgehead atoms. The lowest BCUT2D eigenvalue weighted by Crippen LogP contribution is -2.44. The normalized spacial score (nSPS) is 19.8. The fourth-order valence-corrected chi connectivity index (χ4v) is 3.80. The van der Waals surface area contributed by atoms with Crippen LogP contribution in [-0.2, 0) is 0 Å². The first-order valence-electron chi connectivity index (χ1n) is 8.14. The molecule has 0 unspecified atom stereocenters. The summed E-state index contributed by atoms with van der Waals surface area (Å²) >= 11 is 0. The van der Waals surface area contributed by atoms with E-state index in [1.165, 1.54) is 37.8 Å². The van der Waals surface area contributed by atoms with Gasteiger partial charge in [-0.25, -0.2) is 9.18 Å². The maximum absolute atomic E-state index is 13.7. The van der Waals surface area contributed by atoms with Crippen LogP contribution in [0.2, 0.25) is 0 Å². The molecule has 0 radical (unpaired) electrons. The Morgan fingerprint density at radius 1 is 1.13 bits per heavy atom. The topological polar surface area (TPSA) is 75.4 Å². The molecule has 1 spiro atoms. The highest BCUT2D eigenvalue weighted by atomic mass is 19.1. The van der Waals surface area contributed by atoms with Crippen LogP contribution in [0.3, 0.4) is 0 Å². The van der Waals surface area contributed by atoms with Crippen molar-refractivity contribution in [3.63, 3.8) is 0 Å². The number of benzene rings is 1. The molecule has 23 heavy (non-hydrogen) atoms. The highest BCUT2D eigenvalue weighted by Gasteiger charge is 2.37. The van der Waals surface area contributed by atoms with Crippen LogP contribution in [0.25, 0.3) is 0 Å². The molecule has 124 valence electrons. The Morgan fingerprint density at radius 2 is 1.78 bits per heavy atom. The van der Waals surface area contributed by atoms with Gasteiger partial charge in [-0.15, -0.1) is 0 Å². The number of nitrogens with two attached hydrogens (primary N) is 1. The Hall–Kier alpha value is -2.11. The number of piperidine rings is 1. The number of rotatable bonds is 2. The molecule has 1 aromatic carbocycles. The number of hydrogen-bond donors (Lipinski definition) is 2. The predicted octanol–water partition coefficient (Wildman–Crippen LogP) is 3.11. The summed E-state index contributed by atoms with van der Waals surface area (Å²) in [4.78, 5) is 25.1. The van der Waals surface area contributed by atoms with E-state index >= 15 is 0 Å². The summed E-state index contributed by atoms with van der Waals surface area (Å²) in [5, 5.41) is 2.69. The third kappa shape index (κ3) is 3.30. The van der Waals surface area contributed by atoms with E-state index in [9.17, 15) is 14.0 Å². The molecule has 3 N–H and O–H groups in total. The van der Waals surface area contributed by atoms with E-state index in [4.69, 9.17) is 5.73 Å². The van der Waals surface area contributed by atoms with E-state index in [1.807, 2.05) is 0 Å². The van der Waals surface area contributed by atoms with Crippen molar-refractivity contribution in [2.24, 2.45) is 11.1 Å². The van der Waals surface area contributed by atoms with Gasteiger partial charge in [-0.3, -0.25) is 4.79 Å². The quantitative estimate of drug-likeness (QED) is 0.879. The van der Waals surface area contributed by atoms with Crippen LogP contribution in [0.15, 0.2) is 18.2 Å². The van der Waals surface area contributed by atoms with Crippen molar-refractivity contribution in [2.45, 2.75) is 38.5 Å². The van der Waals surface area contributed by atoms with Gasteiger partial charge in [-0.05, 0) is 49.3 Å². The minimum atomic E-state index is -0.821. The van der Waals surface area contributed by atoms with Crippen LogP contribution < -0.4 is 11.1 Å². The Morgan fingerprint density at radius 3 is 2.35 bits per heavy atom. The third-order valence-electron chi connectivity index (χ3n) is 5.26. The van der Waals surface area contributed by atoms with E-state index in [1.54, 1.807) is 4.90 Å². The van der Waals surface area contributed by atoms with Crippen LogP contribution in [-0.4, -0.2) is 29.9 Å². The Labute approximate surface area is 135 Å². The molecule has 3 amide bonds. The summed E-state index contributed by atoms with van der Waals surface area (Å²) < 4.78 is 13.7. The van der Waals surface area contributed by atoms with Crippen molar-refractivity contribution in [1.29, 1.82) is 0 Å². The lowest BCUT2D eigenvalue weighted by molar-refractivity contribution is 0.0996. The Bertz CT molecular complexity index is 616. The van der Waals surface area contributed by atoms with Crippen molar-refractivity contribution < 1.29 is 14.0 Å². The zero-order chi connectivity index (χ0) is 16.4. The number of urea groups is 1. The van der Waals surface area contributed by atoms with Crippen LogP contribution in [0.4, 0.5) is 14.9 Å². The Kier molecular flexibility index (Phi) is 4.24. The molecule has 1 heterocycles. The van der Waals surface area contributed by atoms with E-state index in [-0.39, 0.29) is 11.6 Å². The van der Waals surface area contributed by atoms with Gasteiger partial charge >= 0.3 is 6.03 Å². The van der Waals surface area contributed by atoms with Gasteiger partial charge in [0, 0.05) is 18.8 Å². The molecule has 0 aromatic heterocycles. The van der Waals surface area contributed by atoms with Gasteiger partial charge in [-0.2, -0.15) is 0 Å². The molecule has 1 aromatic rings. The first kappa shape index (κ1) is 15.8. The van der Waals surface area contributed by atoms with Crippen molar-refractivity contribution in [3.05, 3.63) is 29.6 Å². The molecule has 0 atom stereocenters. The third-order valence-corrected chi connectivity index (χ3v) is 5.26. The van der Waals surface area contributed by atoms with Gasteiger partial charge in [0.05, 0.1) is 5.56 Å². The zero-order valence-electron chi connectivity index (χ0n) is 13.1. The summed E-state index contributed by atoms with van der Waals surface area (Å²) in [6.45, 7) is 1.49. The fraction of sp³-hybridized carbons (Fsp3) is 0.529. The smallest absolute Gasteiger partial charge is 0.321 e. The maximum Gasteiger partial charge on any atom is 0.321 e. The lowest BCUT2D eigenvalue weighted by atomic mass is 9.77. The zero-order valence-corrected chi connectivity index (χ0v) is 13.1. The van der Waals surface area contributed by atoms with E-state index in [0.717, 1.165) is 32.0 Å².